The van der Waals surface area contributed by atoms with Crippen LogP contribution in [-0.4, -0.2) is 76.8 Å². The number of phosphoric ester groups is 1. The van der Waals surface area contributed by atoms with Crippen molar-refractivity contribution < 1.29 is 42.7 Å². The third kappa shape index (κ3) is 11.4. The van der Waals surface area contributed by atoms with Crippen molar-refractivity contribution >= 4 is 37.5 Å². The number of hydrogen-bond acceptors (Lipinski definition) is 7. The van der Waals surface area contributed by atoms with Crippen molar-refractivity contribution in [2.75, 3.05) is 26.2 Å². The number of benzene rings is 1. The molecule has 1 aliphatic heterocycles. The van der Waals surface area contributed by atoms with Crippen molar-refractivity contribution in [3.63, 3.8) is 0 Å². The van der Waals surface area contributed by atoms with E-state index in [-0.39, 0.29) is 29.7 Å². The number of rotatable bonds is 11. The first-order valence-corrected chi connectivity index (χ1v) is 15.4. The van der Waals surface area contributed by atoms with Crippen LogP contribution in [0.15, 0.2) is 24.3 Å². The van der Waals surface area contributed by atoms with Gasteiger partial charge in [0.15, 0.2) is 0 Å². The maximum Gasteiger partial charge on any atom is 0.508 e. The van der Waals surface area contributed by atoms with Gasteiger partial charge in [-0.2, -0.15) is 0 Å². The highest BCUT2D eigenvalue weighted by molar-refractivity contribution is 7.46. The van der Waals surface area contributed by atoms with Gasteiger partial charge in [-0.3, -0.25) is 9.32 Å². The molecule has 0 aromatic heterocycles. The Morgan fingerprint density at radius 1 is 1.17 bits per heavy atom. The maximum absolute atomic E-state index is 13.5. The molecule has 2 rings (SSSR count). The van der Waals surface area contributed by atoms with Crippen molar-refractivity contribution in [3.8, 4) is 0 Å². The second kappa shape index (κ2) is 14.2. The van der Waals surface area contributed by atoms with Gasteiger partial charge in [0.05, 0.1) is 6.54 Å². The van der Waals surface area contributed by atoms with Gasteiger partial charge >= 0.3 is 20.0 Å². The van der Waals surface area contributed by atoms with Crippen LogP contribution in [0.1, 0.15) is 66.4 Å². The molecule has 1 heterocycles. The third-order valence-electron chi connectivity index (χ3n) is 6.82. The van der Waals surface area contributed by atoms with Crippen LogP contribution in [0.5, 0.6) is 0 Å². The fourth-order valence-electron chi connectivity index (χ4n) is 4.79. The molecule has 0 saturated carbocycles. The minimum absolute atomic E-state index is 0.0962. The molecular formula is C27H43ClN3O9P. The SMILES string of the molecule is CC(COC(=O)OC(C)(C)CNC(=O)NC(C(=O)N1CCC(c2ccc(Cl)cc2)C(C)(C)C1)C(C)C)OP(=O)(O)O. The second-order valence-electron chi connectivity index (χ2n) is 12.0. The lowest BCUT2D eigenvalue weighted by atomic mass is 9.70. The van der Waals surface area contributed by atoms with Crippen LogP contribution < -0.4 is 10.6 Å². The Bertz CT molecular complexity index is 1110. The molecule has 0 radical (unpaired) electrons. The van der Waals surface area contributed by atoms with Crippen LogP contribution in [0.2, 0.25) is 5.02 Å². The lowest BCUT2D eigenvalue weighted by Crippen LogP contribution is -2.58. The topological polar surface area (TPSA) is 164 Å². The summed E-state index contributed by atoms with van der Waals surface area (Å²) in [6.07, 6.45) is -1.38. The molecule has 3 amide bonds. The Kier molecular flexibility index (Phi) is 12.1. The van der Waals surface area contributed by atoms with Crippen molar-refractivity contribution in [1.82, 2.24) is 15.5 Å². The van der Waals surface area contributed by atoms with Gasteiger partial charge in [-0.05, 0) is 62.1 Å². The number of carbonyl (C=O) groups is 3. The summed E-state index contributed by atoms with van der Waals surface area (Å²) >= 11 is 6.06. The van der Waals surface area contributed by atoms with E-state index in [2.05, 4.69) is 29.0 Å². The molecule has 0 spiro atoms. The second-order valence-corrected chi connectivity index (χ2v) is 13.6. The number of piperidine rings is 1. The molecule has 1 aromatic carbocycles. The van der Waals surface area contributed by atoms with E-state index in [1.54, 1.807) is 18.7 Å². The van der Waals surface area contributed by atoms with Gasteiger partial charge in [-0.1, -0.05) is 51.4 Å². The molecule has 14 heteroatoms. The third-order valence-corrected chi connectivity index (χ3v) is 7.71. The Morgan fingerprint density at radius 3 is 2.32 bits per heavy atom. The van der Waals surface area contributed by atoms with Gasteiger partial charge < -0.3 is 34.8 Å². The van der Waals surface area contributed by atoms with Gasteiger partial charge in [0, 0.05) is 18.1 Å². The number of phosphoric acid groups is 1. The van der Waals surface area contributed by atoms with Gasteiger partial charge in [0.1, 0.15) is 24.4 Å². The molecule has 1 aliphatic rings. The molecule has 232 valence electrons. The van der Waals surface area contributed by atoms with Gasteiger partial charge in [-0.25, -0.2) is 14.2 Å². The molecule has 41 heavy (non-hydrogen) atoms. The fraction of sp³-hybridized carbons (Fsp3) is 0.667. The maximum atomic E-state index is 13.5. The Labute approximate surface area is 246 Å². The van der Waals surface area contributed by atoms with E-state index < -0.39 is 44.4 Å². The quantitative estimate of drug-likeness (QED) is 0.207. The summed E-state index contributed by atoms with van der Waals surface area (Å²) in [5, 5.41) is 6.06. The molecule has 1 aromatic rings. The van der Waals surface area contributed by atoms with Crippen molar-refractivity contribution in [3.05, 3.63) is 34.9 Å². The molecule has 4 N–H and O–H groups in total. The number of hydrogen-bond donors (Lipinski definition) is 4. The molecular weight excluding hydrogens is 577 g/mol. The van der Waals surface area contributed by atoms with Crippen LogP contribution in [0.3, 0.4) is 0 Å². The Balaban J connectivity index is 1.90. The Hall–Kier alpha value is -2.37. The summed E-state index contributed by atoms with van der Waals surface area (Å²) in [6.45, 7) is 12.9. The van der Waals surface area contributed by atoms with Crippen LogP contribution in [-0.2, 0) is 23.4 Å². The fourth-order valence-corrected chi connectivity index (χ4v) is 5.45. The number of carbonyl (C=O) groups excluding carboxylic acids is 3. The minimum atomic E-state index is -4.72. The summed E-state index contributed by atoms with van der Waals surface area (Å²) in [6, 6.07) is 6.46. The smallest absolute Gasteiger partial charge is 0.432 e. The average molecular weight is 620 g/mol. The normalized spacial score (nSPS) is 18.8. The zero-order valence-electron chi connectivity index (χ0n) is 24.7. The summed E-state index contributed by atoms with van der Waals surface area (Å²) in [4.78, 5) is 57.7. The van der Waals surface area contributed by atoms with E-state index in [1.807, 2.05) is 38.1 Å². The molecule has 12 nitrogen and oxygen atoms in total. The van der Waals surface area contributed by atoms with E-state index in [9.17, 15) is 18.9 Å². The average Bonchev–Trinajstić information content (AvgIpc) is 2.83. The van der Waals surface area contributed by atoms with E-state index >= 15 is 0 Å². The summed E-state index contributed by atoms with van der Waals surface area (Å²) < 4.78 is 25.3. The van der Waals surface area contributed by atoms with Crippen LogP contribution in [0, 0.1) is 11.3 Å². The van der Waals surface area contributed by atoms with E-state index in [4.69, 9.17) is 30.9 Å². The van der Waals surface area contributed by atoms with Gasteiger partial charge in [0.2, 0.25) is 5.91 Å². The van der Waals surface area contributed by atoms with Crippen molar-refractivity contribution in [2.45, 2.75) is 78.6 Å². The Morgan fingerprint density at radius 2 is 1.78 bits per heavy atom. The zero-order valence-corrected chi connectivity index (χ0v) is 26.3. The first-order chi connectivity index (χ1) is 18.8. The van der Waals surface area contributed by atoms with Crippen molar-refractivity contribution in [2.24, 2.45) is 11.3 Å². The van der Waals surface area contributed by atoms with E-state index in [0.717, 1.165) is 6.42 Å². The molecule has 0 aliphatic carbocycles. The van der Waals surface area contributed by atoms with E-state index in [1.165, 1.54) is 12.5 Å². The van der Waals surface area contributed by atoms with Crippen LogP contribution in [0.4, 0.5) is 9.59 Å². The number of nitrogens with zero attached hydrogens (tertiary/aromatic N) is 1. The largest absolute Gasteiger partial charge is 0.508 e. The molecule has 3 unspecified atom stereocenters. The summed E-state index contributed by atoms with van der Waals surface area (Å²) in [5.41, 5.74) is -0.198. The zero-order chi connectivity index (χ0) is 31.2. The summed E-state index contributed by atoms with van der Waals surface area (Å²) in [5.74, 6) is -0.0845. The highest BCUT2D eigenvalue weighted by Gasteiger charge is 2.40. The standard InChI is InChI=1S/C27H43ClN3O9P/c1-17(2)22(23(32)31-13-12-21(26(4,5)16-31)19-8-10-20(28)11-9-19)30-24(33)29-15-27(6,7)39-25(34)38-14-18(3)40-41(35,36)37/h8-11,17-18,21-22H,12-16H2,1-7H3,(H2,29,30,33)(H2,35,36,37). The van der Waals surface area contributed by atoms with Crippen LogP contribution in [0.25, 0.3) is 0 Å². The van der Waals surface area contributed by atoms with Gasteiger partial charge in [-0.15, -0.1) is 0 Å². The summed E-state index contributed by atoms with van der Waals surface area (Å²) in [7, 11) is -4.72. The molecule has 1 fully saturated rings. The number of likely N-dealkylation sites (tertiary alicyclic amines) is 1. The minimum Gasteiger partial charge on any atom is -0.432 e. The first-order valence-electron chi connectivity index (χ1n) is 13.5. The van der Waals surface area contributed by atoms with Crippen LogP contribution >= 0.6 is 19.4 Å². The van der Waals surface area contributed by atoms with Crippen molar-refractivity contribution in [1.29, 1.82) is 0 Å². The molecule has 0 bridgehead atoms. The van der Waals surface area contributed by atoms with Gasteiger partial charge in [0.25, 0.3) is 0 Å². The van der Waals surface area contributed by atoms with E-state index in [0.29, 0.717) is 18.1 Å². The number of urea groups is 1. The number of halogens is 1. The molecule has 1 saturated heterocycles. The number of ether oxygens (including phenoxy) is 2. The number of nitrogens with one attached hydrogen (secondary N) is 2. The monoisotopic (exact) mass is 619 g/mol. The number of amides is 3. The highest BCUT2D eigenvalue weighted by atomic mass is 35.5. The lowest BCUT2D eigenvalue weighted by molar-refractivity contribution is -0.137. The first kappa shape index (κ1) is 34.8. The highest BCUT2D eigenvalue weighted by Crippen LogP contribution is 2.42. The predicted molar refractivity (Wildman–Crippen MR) is 153 cm³/mol. The lowest BCUT2D eigenvalue weighted by Gasteiger charge is -2.45. The molecule has 3 atom stereocenters. The predicted octanol–water partition coefficient (Wildman–Crippen LogP) is 4.44.